The third-order valence-corrected chi connectivity index (χ3v) is 13.8. The van der Waals surface area contributed by atoms with Gasteiger partial charge in [0.1, 0.15) is 23.2 Å². The summed E-state index contributed by atoms with van der Waals surface area (Å²) in [5.74, 6) is -0.167. The van der Waals surface area contributed by atoms with Gasteiger partial charge in [-0.1, -0.05) is 93.1 Å². The van der Waals surface area contributed by atoms with Gasteiger partial charge < -0.3 is 14.0 Å². The number of rotatable bonds is 7. The topological polar surface area (TPSA) is 44.8 Å². The summed E-state index contributed by atoms with van der Waals surface area (Å²) in [5, 5.41) is 3.49. The summed E-state index contributed by atoms with van der Waals surface area (Å²) < 4.78 is 20.1. The molecule has 1 aliphatic heterocycles. The lowest BCUT2D eigenvalue weighted by atomic mass is 9.66. The second-order valence-electron chi connectivity index (χ2n) is 11.7. The molecule has 2 saturated carbocycles. The molecule has 3 fully saturated rings. The SMILES string of the molecule is CCOC(=O)C[P+](c1ccccc1)(c1ccccc1)c1ccccc1B1OC2(CCCCC2)C2(CCCCC2)O1. The second kappa shape index (κ2) is 11.8. The van der Waals surface area contributed by atoms with E-state index in [1.165, 1.54) is 49.1 Å². The van der Waals surface area contributed by atoms with Gasteiger partial charge in [0.25, 0.3) is 0 Å². The van der Waals surface area contributed by atoms with Crippen LogP contribution < -0.4 is 21.4 Å². The molecule has 0 unspecified atom stereocenters. The van der Waals surface area contributed by atoms with E-state index in [9.17, 15) is 4.79 Å². The molecule has 0 atom stereocenters. The molecule has 2 spiro atoms. The van der Waals surface area contributed by atoms with Crippen LogP contribution >= 0.6 is 7.26 Å². The van der Waals surface area contributed by atoms with E-state index in [-0.39, 0.29) is 17.2 Å². The Kier molecular flexibility index (Phi) is 8.17. The highest BCUT2D eigenvalue weighted by Gasteiger charge is 2.63. The Balaban J connectivity index is 1.53. The molecule has 3 aliphatic rings. The molecule has 6 heteroatoms. The van der Waals surface area contributed by atoms with E-state index in [1.807, 2.05) is 19.1 Å². The highest BCUT2D eigenvalue weighted by molar-refractivity contribution is 7.96. The van der Waals surface area contributed by atoms with Crippen molar-refractivity contribution in [3.05, 3.63) is 84.9 Å². The standard InChI is InChI=1S/C34H41BO4P/c1-2-37-32(36)27-40(28-17-7-3-8-18-28,29-19-9-4-10-20-29)31-22-12-11-21-30(31)35-38-33(23-13-5-14-24-33)34(39-35)25-15-6-16-26-34/h3-4,7-12,17-22H,2,5-6,13-16,23-27H2,1H3/q+1. The first-order valence-corrected chi connectivity index (χ1v) is 17.2. The van der Waals surface area contributed by atoms with Crippen molar-refractivity contribution in [1.82, 2.24) is 0 Å². The van der Waals surface area contributed by atoms with Gasteiger partial charge in [0, 0.05) is 5.46 Å². The number of fused-ring (bicyclic) bond motifs is 1. The highest BCUT2D eigenvalue weighted by Crippen LogP contribution is 2.57. The Morgan fingerprint density at radius 3 is 1.70 bits per heavy atom. The molecule has 4 nitrogen and oxygen atoms in total. The zero-order valence-electron chi connectivity index (χ0n) is 23.7. The normalized spacial score (nSPS) is 20.1. The average molecular weight is 555 g/mol. The van der Waals surface area contributed by atoms with Crippen molar-refractivity contribution in [2.24, 2.45) is 0 Å². The van der Waals surface area contributed by atoms with Gasteiger partial charge in [-0.2, -0.15) is 0 Å². The lowest BCUT2D eigenvalue weighted by molar-refractivity contribution is -0.139. The minimum atomic E-state index is -2.47. The number of hydrogen-bond donors (Lipinski definition) is 0. The fourth-order valence-electron chi connectivity index (χ4n) is 7.66. The number of carbonyl (C=O) groups is 1. The molecular weight excluding hydrogens is 514 g/mol. The molecule has 0 aromatic heterocycles. The maximum absolute atomic E-state index is 13.4. The predicted octanol–water partition coefficient (Wildman–Crippen LogP) is 5.69. The predicted molar refractivity (Wildman–Crippen MR) is 166 cm³/mol. The van der Waals surface area contributed by atoms with Crippen molar-refractivity contribution in [2.45, 2.75) is 82.3 Å². The monoisotopic (exact) mass is 555 g/mol. The zero-order valence-corrected chi connectivity index (χ0v) is 24.6. The maximum atomic E-state index is 13.4. The molecule has 0 bridgehead atoms. The average Bonchev–Trinajstić information content (AvgIpc) is 3.29. The fourth-order valence-corrected chi connectivity index (χ4v) is 11.9. The van der Waals surface area contributed by atoms with Gasteiger partial charge in [-0.05, 0) is 62.9 Å². The lowest BCUT2D eigenvalue weighted by Crippen LogP contribution is -2.53. The first-order chi connectivity index (χ1) is 19.6. The highest BCUT2D eigenvalue weighted by atomic mass is 31.2. The molecule has 0 amide bonds. The van der Waals surface area contributed by atoms with Crippen LogP contribution in [0.4, 0.5) is 0 Å². The van der Waals surface area contributed by atoms with Gasteiger partial charge in [0.05, 0.1) is 17.8 Å². The fraction of sp³-hybridized carbons (Fsp3) is 0.441. The molecule has 6 rings (SSSR count). The first kappa shape index (κ1) is 27.7. The van der Waals surface area contributed by atoms with Gasteiger partial charge >= 0.3 is 13.1 Å². The van der Waals surface area contributed by atoms with Crippen molar-refractivity contribution in [3.63, 3.8) is 0 Å². The Hall–Kier alpha value is -2.46. The molecule has 0 radical (unpaired) electrons. The summed E-state index contributed by atoms with van der Waals surface area (Å²) in [6.07, 6.45) is 12.0. The second-order valence-corrected chi connectivity index (χ2v) is 15.1. The van der Waals surface area contributed by atoms with Gasteiger partial charge in [0.2, 0.25) is 0 Å². The van der Waals surface area contributed by atoms with Crippen molar-refractivity contribution in [1.29, 1.82) is 0 Å². The van der Waals surface area contributed by atoms with Crippen molar-refractivity contribution < 1.29 is 18.8 Å². The molecule has 208 valence electrons. The Labute approximate surface area is 240 Å². The van der Waals surface area contributed by atoms with Crippen LogP contribution in [0.15, 0.2) is 84.9 Å². The van der Waals surface area contributed by atoms with E-state index in [0.717, 1.165) is 36.5 Å². The summed E-state index contributed by atoms with van der Waals surface area (Å²) in [4.78, 5) is 13.4. The van der Waals surface area contributed by atoms with Crippen LogP contribution in [0.25, 0.3) is 0 Å². The number of carbonyl (C=O) groups excluding carboxylic acids is 1. The van der Waals surface area contributed by atoms with Gasteiger partial charge in [-0.3, -0.25) is 0 Å². The molecule has 1 saturated heterocycles. The zero-order chi connectivity index (χ0) is 27.5. The lowest BCUT2D eigenvalue weighted by Gasteiger charge is -2.48. The van der Waals surface area contributed by atoms with Crippen LogP contribution in [-0.2, 0) is 18.8 Å². The maximum Gasteiger partial charge on any atom is 0.498 e. The van der Waals surface area contributed by atoms with Crippen LogP contribution in [0.3, 0.4) is 0 Å². The van der Waals surface area contributed by atoms with E-state index in [0.29, 0.717) is 12.8 Å². The molecule has 3 aromatic rings. The smallest absolute Gasteiger partial charge is 0.463 e. The quantitative estimate of drug-likeness (QED) is 0.214. The van der Waals surface area contributed by atoms with Crippen molar-refractivity contribution >= 4 is 41.7 Å². The van der Waals surface area contributed by atoms with Crippen molar-refractivity contribution in [3.8, 4) is 0 Å². The summed E-state index contributed by atoms with van der Waals surface area (Å²) in [5.41, 5.74) is 0.636. The van der Waals surface area contributed by atoms with E-state index in [4.69, 9.17) is 14.0 Å². The van der Waals surface area contributed by atoms with Crippen molar-refractivity contribution in [2.75, 3.05) is 12.8 Å². The molecule has 1 heterocycles. The molecule has 2 aliphatic carbocycles. The number of benzene rings is 3. The van der Waals surface area contributed by atoms with Gasteiger partial charge in [-0.15, -0.1) is 0 Å². The van der Waals surface area contributed by atoms with E-state index < -0.39 is 14.4 Å². The van der Waals surface area contributed by atoms with E-state index in [2.05, 4.69) is 72.8 Å². The van der Waals surface area contributed by atoms with Gasteiger partial charge in [0.15, 0.2) is 6.16 Å². The summed E-state index contributed by atoms with van der Waals surface area (Å²) in [6, 6.07) is 29.7. The molecule has 3 aromatic carbocycles. The van der Waals surface area contributed by atoms with Gasteiger partial charge in [-0.25, -0.2) is 4.79 Å². The molecule has 0 N–H and O–H groups in total. The minimum Gasteiger partial charge on any atom is -0.463 e. The Bertz CT molecular complexity index is 1220. The Morgan fingerprint density at radius 1 is 0.725 bits per heavy atom. The molecule has 40 heavy (non-hydrogen) atoms. The van der Waals surface area contributed by atoms with E-state index >= 15 is 0 Å². The first-order valence-electron chi connectivity index (χ1n) is 15.2. The van der Waals surface area contributed by atoms with Crippen LogP contribution in [0, 0.1) is 0 Å². The van der Waals surface area contributed by atoms with Crippen LogP contribution in [0.5, 0.6) is 0 Å². The summed E-state index contributed by atoms with van der Waals surface area (Å²) >= 11 is 0. The number of esters is 1. The van der Waals surface area contributed by atoms with Crippen LogP contribution in [0.2, 0.25) is 0 Å². The van der Waals surface area contributed by atoms with Crippen LogP contribution in [-0.4, -0.2) is 37.1 Å². The summed E-state index contributed by atoms with van der Waals surface area (Å²) in [6.45, 7) is 2.24. The number of ether oxygens (including phenoxy) is 1. The molecular formula is C34H41BO4P+. The van der Waals surface area contributed by atoms with Crippen LogP contribution in [0.1, 0.15) is 71.1 Å². The summed E-state index contributed by atoms with van der Waals surface area (Å²) in [7, 11) is -2.91. The van der Waals surface area contributed by atoms with E-state index in [1.54, 1.807) is 0 Å². The Morgan fingerprint density at radius 2 is 1.20 bits per heavy atom. The largest absolute Gasteiger partial charge is 0.498 e. The number of hydrogen-bond acceptors (Lipinski definition) is 4. The minimum absolute atomic E-state index is 0.167. The third-order valence-electron chi connectivity index (χ3n) is 9.49. The third kappa shape index (κ3) is 4.85.